The number of piperidine rings is 1. The standard InChI is InChI=1S/C20H18F3N5O2/c21-20(22,23)14-4-3-5-15(12-14)25-19(29)28-10-7-13(8-11-28)18-26-17(27-30-18)16-6-1-2-9-24-16/h1-6,9,12-13H,7-8,10-11H2,(H,25,29). The number of anilines is 1. The average molecular weight is 417 g/mol. The first-order valence-corrected chi connectivity index (χ1v) is 9.38. The highest BCUT2D eigenvalue weighted by Crippen LogP contribution is 2.31. The highest BCUT2D eigenvalue weighted by molar-refractivity contribution is 5.89. The van der Waals surface area contributed by atoms with Crippen molar-refractivity contribution in [3.8, 4) is 11.5 Å². The van der Waals surface area contributed by atoms with Crippen LogP contribution in [0.4, 0.5) is 23.7 Å². The quantitative estimate of drug-likeness (QED) is 0.675. The Kier molecular flexibility index (Phi) is 5.39. The number of nitrogens with one attached hydrogen (secondary N) is 1. The summed E-state index contributed by atoms with van der Waals surface area (Å²) in [5, 5.41) is 6.50. The molecule has 0 unspecified atom stereocenters. The minimum Gasteiger partial charge on any atom is -0.339 e. The largest absolute Gasteiger partial charge is 0.416 e. The van der Waals surface area contributed by atoms with Crippen LogP contribution < -0.4 is 5.32 Å². The molecule has 156 valence electrons. The lowest BCUT2D eigenvalue weighted by atomic mass is 9.97. The summed E-state index contributed by atoms with van der Waals surface area (Å²) < 4.78 is 43.9. The van der Waals surface area contributed by atoms with E-state index < -0.39 is 17.8 Å². The number of pyridine rings is 1. The molecule has 0 saturated carbocycles. The molecule has 2 amide bonds. The Morgan fingerprint density at radius 3 is 2.63 bits per heavy atom. The molecule has 2 aromatic heterocycles. The number of hydrogen-bond acceptors (Lipinski definition) is 5. The van der Waals surface area contributed by atoms with Crippen LogP contribution in [0.3, 0.4) is 0 Å². The fourth-order valence-electron chi connectivity index (χ4n) is 3.31. The molecule has 30 heavy (non-hydrogen) atoms. The third-order valence-electron chi connectivity index (χ3n) is 4.91. The molecule has 0 bridgehead atoms. The molecule has 7 nitrogen and oxygen atoms in total. The molecule has 3 aromatic rings. The molecule has 1 saturated heterocycles. The van der Waals surface area contributed by atoms with Crippen molar-refractivity contribution in [2.75, 3.05) is 18.4 Å². The average Bonchev–Trinajstić information content (AvgIpc) is 3.24. The summed E-state index contributed by atoms with van der Waals surface area (Å²) in [4.78, 5) is 22.6. The van der Waals surface area contributed by atoms with E-state index in [0.29, 0.717) is 43.3 Å². The maximum Gasteiger partial charge on any atom is 0.416 e. The summed E-state index contributed by atoms with van der Waals surface area (Å²) in [5.74, 6) is 0.913. The number of alkyl halides is 3. The van der Waals surface area contributed by atoms with Crippen molar-refractivity contribution < 1.29 is 22.5 Å². The lowest BCUT2D eigenvalue weighted by Gasteiger charge is -2.30. The minimum absolute atomic E-state index is 0.00701. The summed E-state index contributed by atoms with van der Waals surface area (Å²) in [6.45, 7) is 0.855. The Hall–Kier alpha value is -3.43. The van der Waals surface area contributed by atoms with Gasteiger partial charge in [-0.1, -0.05) is 17.3 Å². The van der Waals surface area contributed by atoms with Gasteiger partial charge in [-0.25, -0.2) is 4.79 Å². The first-order valence-electron chi connectivity index (χ1n) is 9.38. The van der Waals surface area contributed by atoms with Gasteiger partial charge >= 0.3 is 12.2 Å². The molecule has 0 spiro atoms. The van der Waals surface area contributed by atoms with E-state index in [4.69, 9.17) is 4.52 Å². The third-order valence-corrected chi connectivity index (χ3v) is 4.91. The number of halogens is 3. The van der Waals surface area contributed by atoms with Gasteiger partial charge in [-0.15, -0.1) is 0 Å². The van der Waals surface area contributed by atoms with E-state index in [-0.39, 0.29) is 11.6 Å². The van der Waals surface area contributed by atoms with Crippen LogP contribution in [0, 0.1) is 0 Å². The molecular formula is C20H18F3N5O2. The number of rotatable bonds is 3. The van der Waals surface area contributed by atoms with E-state index in [2.05, 4.69) is 20.4 Å². The summed E-state index contributed by atoms with van der Waals surface area (Å²) in [7, 11) is 0. The van der Waals surface area contributed by atoms with Crippen LogP contribution in [0.2, 0.25) is 0 Å². The SMILES string of the molecule is O=C(Nc1cccc(C(F)(F)F)c1)N1CCC(c2nc(-c3ccccn3)no2)CC1. The van der Waals surface area contributed by atoms with Gasteiger partial charge < -0.3 is 14.7 Å². The van der Waals surface area contributed by atoms with Crippen molar-refractivity contribution in [1.82, 2.24) is 20.0 Å². The van der Waals surface area contributed by atoms with Crippen LogP contribution >= 0.6 is 0 Å². The summed E-state index contributed by atoms with van der Waals surface area (Å²) in [6.07, 6.45) is -1.59. The van der Waals surface area contributed by atoms with E-state index in [9.17, 15) is 18.0 Å². The smallest absolute Gasteiger partial charge is 0.339 e. The molecular weight excluding hydrogens is 399 g/mol. The molecule has 1 fully saturated rings. The van der Waals surface area contributed by atoms with Gasteiger partial charge in [-0.2, -0.15) is 18.2 Å². The van der Waals surface area contributed by atoms with E-state index in [1.54, 1.807) is 23.2 Å². The Morgan fingerprint density at radius 1 is 1.13 bits per heavy atom. The van der Waals surface area contributed by atoms with Crippen molar-refractivity contribution in [1.29, 1.82) is 0 Å². The molecule has 1 aliphatic heterocycles. The number of urea groups is 1. The van der Waals surface area contributed by atoms with Gasteiger partial charge in [-0.3, -0.25) is 4.98 Å². The van der Waals surface area contributed by atoms with E-state index >= 15 is 0 Å². The summed E-state index contributed by atoms with van der Waals surface area (Å²) in [6, 6.07) is 9.55. The molecule has 10 heteroatoms. The van der Waals surface area contributed by atoms with Crippen molar-refractivity contribution in [3.05, 3.63) is 60.1 Å². The first kappa shape index (κ1) is 19.9. The normalized spacial score (nSPS) is 15.2. The lowest BCUT2D eigenvalue weighted by molar-refractivity contribution is -0.137. The van der Waals surface area contributed by atoms with Gasteiger partial charge in [0.2, 0.25) is 11.7 Å². The molecule has 0 radical (unpaired) electrons. The van der Waals surface area contributed by atoms with Crippen LogP contribution in [0.25, 0.3) is 11.5 Å². The van der Waals surface area contributed by atoms with Gasteiger partial charge in [0.15, 0.2) is 0 Å². The minimum atomic E-state index is -4.46. The van der Waals surface area contributed by atoms with Gasteiger partial charge in [0.1, 0.15) is 5.69 Å². The number of benzene rings is 1. The Balaban J connectivity index is 1.35. The van der Waals surface area contributed by atoms with Crippen LogP contribution in [-0.2, 0) is 6.18 Å². The predicted molar refractivity (Wildman–Crippen MR) is 102 cm³/mol. The van der Waals surface area contributed by atoms with E-state index in [1.165, 1.54) is 12.1 Å². The zero-order valence-electron chi connectivity index (χ0n) is 15.8. The van der Waals surface area contributed by atoms with Crippen LogP contribution in [0.5, 0.6) is 0 Å². The fraction of sp³-hybridized carbons (Fsp3) is 0.300. The highest BCUT2D eigenvalue weighted by Gasteiger charge is 2.31. The monoisotopic (exact) mass is 417 g/mol. The molecule has 0 aliphatic carbocycles. The Morgan fingerprint density at radius 2 is 1.93 bits per heavy atom. The third kappa shape index (κ3) is 4.42. The van der Waals surface area contributed by atoms with E-state index in [0.717, 1.165) is 12.1 Å². The number of likely N-dealkylation sites (tertiary alicyclic amines) is 1. The van der Waals surface area contributed by atoms with Crippen LogP contribution in [-0.4, -0.2) is 39.1 Å². The predicted octanol–water partition coefficient (Wildman–Crippen LogP) is 4.56. The maximum absolute atomic E-state index is 12.8. The molecule has 1 aromatic carbocycles. The van der Waals surface area contributed by atoms with Crippen molar-refractivity contribution in [3.63, 3.8) is 0 Å². The van der Waals surface area contributed by atoms with Gasteiger partial charge in [0.05, 0.1) is 5.56 Å². The second kappa shape index (κ2) is 8.13. The molecule has 4 rings (SSSR count). The molecule has 1 aliphatic rings. The highest BCUT2D eigenvalue weighted by atomic mass is 19.4. The van der Waals surface area contributed by atoms with Gasteiger partial charge in [-0.05, 0) is 43.2 Å². The topological polar surface area (TPSA) is 84.2 Å². The lowest BCUT2D eigenvalue weighted by Crippen LogP contribution is -2.40. The maximum atomic E-state index is 12.8. The van der Waals surface area contributed by atoms with Crippen LogP contribution in [0.1, 0.15) is 30.2 Å². The number of carbonyl (C=O) groups is 1. The van der Waals surface area contributed by atoms with Gasteiger partial charge in [0.25, 0.3) is 0 Å². The number of carbonyl (C=O) groups excluding carboxylic acids is 1. The molecule has 3 heterocycles. The Labute approximate surface area is 169 Å². The van der Waals surface area contributed by atoms with E-state index in [1.807, 2.05) is 6.07 Å². The zero-order valence-corrected chi connectivity index (χ0v) is 15.8. The number of amides is 2. The summed E-state index contributed by atoms with van der Waals surface area (Å²) in [5.41, 5.74) is -0.0848. The zero-order chi connectivity index (χ0) is 21.1. The first-order chi connectivity index (χ1) is 14.4. The van der Waals surface area contributed by atoms with Crippen molar-refractivity contribution in [2.24, 2.45) is 0 Å². The molecule has 0 atom stereocenters. The fourth-order valence-corrected chi connectivity index (χ4v) is 3.31. The Bertz CT molecular complexity index is 1010. The number of hydrogen-bond donors (Lipinski definition) is 1. The second-order valence-corrected chi connectivity index (χ2v) is 6.94. The number of nitrogens with zero attached hydrogens (tertiary/aromatic N) is 4. The second-order valence-electron chi connectivity index (χ2n) is 6.94. The van der Waals surface area contributed by atoms with Crippen molar-refractivity contribution in [2.45, 2.75) is 24.9 Å². The summed E-state index contributed by atoms with van der Waals surface area (Å²) >= 11 is 0. The van der Waals surface area contributed by atoms with Gasteiger partial charge in [0, 0.05) is 30.9 Å². The van der Waals surface area contributed by atoms with Crippen LogP contribution in [0.15, 0.2) is 53.2 Å². The molecule has 1 N–H and O–H groups in total. The number of aromatic nitrogens is 3. The van der Waals surface area contributed by atoms with Crippen molar-refractivity contribution >= 4 is 11.7 Å².